The lowest BCUT2D eigenvalue weighted by Crippen LogP contribution is -2.27. The Hall–Kier alpha value is -3.92. The molecule has 0 aliphatic heterocycles. The summed E-state index contributed by atoms with van der Waals surface area (Å²) in [6.07, 6.45) is 0.802. The van der Waals surface area contributed by atoms with E-state index < -0.39 is 5.97 Å². The number of para-hydroxylation sites is 4. The van der Waals surface area contributed by atoms with Crippen molar-refractivity contribution in [1.29, 1.82) is 0 Å². The minimum absolute atomic E-state index is 0.0741. The molecule has 2 heterocycles. The van der Waals surface area contributed by atoms with Crippen LogP contribution in [0.4, 0.5) is 10.8 Å². The number of fused-ring (bicyclic) bond motifs is 1. The zero-order valence-electron chi connectivity index (χ0n) is 19.8. The van der Waals surface area contributed by atoms with Gasteiger partial charge in [0.05, 0.1) is 29.5 Å². The molecule has 0 aliphatic carbocycles. The Morgan fingerprint density at radius 3 is 2.43 bits per heavy atom. The second-order valence-electron chi connectivity index (χ2n) is 7.82. The molecular formula is C25H26N4O5S. The van der Waals surface area contributed by atoms with Crippen molar-refractivity contribution in [3.63, 3.8) is 0 Å². The van der Waals surface area contributed by atoms with Crippen LogP contribution in [0.2, 0.25) is 0 Å². The van der Waals surface area contributed by atoms with E-state index in [2.05, 4.69) is 4.98 Å². The summed E-state index contributed by atoms with van der Waals surface area (Å²) in [6, 6.07) is 14.5. The highest BCUT2D eigenvalue weighted by Gasteiger charge is 2.22. The fourth-order valence-corrected chi connectivity index (χ4v) is 4.75. The number of ether oxygens (including phenoxy) is 2. The lowest BCUT2D eigenvalue weighted by atomic mass is 10.2. The molecule has 9 nitrogen and oxygen atoms in total. The number of esters is 1. The number of aromatic nitrogens is 3. The van der Waals surface area contributed by atoms with E-state index in [9.17, 15) is 14.4 Å². The first-order valence-electron chi connectivity index (χ1n) is 11.2. The summed E-state index contributed by atoms with van der Waals surface area (Å²) < 4.78 is 13.9. The molecule has 4 aromatic rings. The molecule has 2 aromatic heterocycles. The number of benzene rings is 2. The lowest BCUT2D eigenvalue weighted by molar-refractivity contribution is -0.145. The van der Waals surface area contributed by atoms with E-state index >= 15 is 0 Å². The molecule has 0 bridgehead atoms. The Labute approximate surface area is 206 Å². The Balaban J connectivity index is 1.49. The third-order valence-electron chi connectivity index (χ3n) is 5.41. The van der Waals surface area contributed by atoms with Crippen LogP contribution >= 0.6 is 11.3 Å². The molecule has 0 N–H and O–H groups in total. The number of amides is 1. The first-order valence-corrected chi connectivity index (χ1v) is 12.0. The Bertz CT molecular complexity index is 1420. The van der Waals surface area contributed by atoms with E-state index in [-0.39, 0.29) is 24.7 Å². The summed E-state index contributed by atoms with van der Waals surface area (Å²) in [6.45, 7) is 3.74. The van der Waals surface area contributed by atoms with Crippen LogP contribution in [0, 0.1) is 0 Å². The first-order chi connectivity index (χ1) is 16.9. The van der Waals surface area contributed by atoms with E-state index in [0.717, 1.165) is 11.9 Å². The number of anilines is 2. The van der Waals surface area contributed by atoms with Crippen molar-refractivity contribution < 1.29 is 19.1 Å². The average Bonchev–Trinajstić information content (AvgIpc) is 3.42. The molecule has 35 heavy (non-hydrogen) atoms. The van der Waals surface area contributed by atoms with Gasteiger partial charge >= 0.3 is 11.7 Å². The highest BCUT2D eigenvalue weighted by molar-refractivity contribution is 7.14. The monoisotopic (exact) mass is 494 g/mol. The minimum atomic E-state index is -0.547. The van der Waals surface area contributed by atoms with Crippen LogP contribution in [0.25, 0.3) is 11.0 Å². The highest BCUT2D eigenvalue weighted by Crippen LogP contribution is 2.35. The number of thiazole rings is 1. The van der Waals surface area contributed by atoms with Crippen molar-refractivity contribution in [2.75, 3.05) is 12.0 Å². The average molecular weight is 495 g/mol. The quantitative estimate of drug-likeness (QED) is 0.325. The maximum Gasteiger partial charge on any atom is 0.329 e. The number of carbonyl (C=O) groups excluding carboxylic acids is 2. The second kappa shape index (κ2) is 10.6. The topological polar surface area (TPSA) is 95.7 Å². The van der Waals surface area contributed by atoms with Gasteiger partial charge < -0.3 is 9.47 Å². The molecule has 0 spiro atoms. The smallest absolute Gasteiger partial charge is 0.329 e. The maximum absolute atomic E-state index is 12.9. The van der Waals surface area contributed by atoms with Crippen LogP contribution in [-0.4, -0.2) is 33.1 Å². The Kier molecular flexibility index (Phi) is 7.31. The van der Waals surface area contributed by atoms with Gasteiger partial charge in [0.2, 0.25) is 5.91 Å². The molecule has 182 valence electrons. The number of rotatable bonds is 9. The molecule has 4 rings (SSSR count). The van der Waals surface area contributed by atoms with E-state index in [1.165, 1.54) is 34.8 Å². The molecule has 0 atom stereocenters. The molecule has 0 saturated heterocycles. The summed E-state index contributed by atoms with van der Waals surface area (Å²) in [5.74, 6) is -0.233. The predicted octanol–water partition coefficient (Wildman–Crippen LogP) is 4.11. The van der Waals surface area contributed by atoms with Gasteiger partial charge in [0.25, 0.3) is 0 Å². The molecule has 10 heteroatoms. The van der Waals surface area contributed by atoms with E-state index in [0.29, 0.717) is 34.3 Å². The van der Waals surface area contributed by atoms with Gasteiger partial charge in [0, 0.05) is 18.8 Å². The van der Waals surface area contributed by atoms with Gasteiger partial charge in [-0.15, -0.1) is 11.3 Å². The molecule has 0 fully saturated rings. The largest absolute Gasteiger partial charge is 0.495 e. The maximum atomic E-state index is 12.9. The molecule has 1 amide bonds. The molecule has 0 radical (unpaired) electrons. The number of aryl methyl sites for hydroxylation is 1. The summed E-state index contributed by atoms with van der Waals surface area (Å²) in [7, 11) is 1.54. The van der Waals surface area contributed by atoms with Crippen molar-refractivity contribution in [3.05, 3.63) is 70.1 Å². The fourth-order valence-electron chi connectivity index (χ4n) is 3.88. The zero-order chi connectivity index (χ0) is 24.9. The first kappa shape index (κ1) is 24.2. The summed E-state index contributed by atoms with van der Waals surface area (Å²) in [4.78, 5) is 43.8. The molecule has 0 aliphatic rings. The van der Waals surface area contributed by atoms with Gasteiger partial charge in [-0.1, -0.05) is 31.2 Å². The SMILES string of the molecule is CCCn1c(=O)n(CC(=O)OCc2csc(N(C(C)=O)c3ccccc3OC)n2)c2ccccc21. The number of methoxy groups -OCH3 is 1. The molecule has 0 unspecified atom stereocenters. The van der Waals surface area contributed by atoms with Crippen molar-refractivity contribution in [2.45, 2.75) is 40.0 Å². The number of carbonyl (C=O) groups is 2. The van der Waals surface area contributed by atoms with E-state index in [1.807, 2.05) is 43.3 Å². The number of nitrogens with zero attached hydrogens (tertiary/aromatic N) is 4. The summed E-state index contributed by atoms with van der Waals surface area (Å²) in [5, 5.41) is 2.17. The predicted molar refractivity (Wildman–Crippen MR) is 134 cm³/mol. The molecule has 0 saturated carbocycles. The summed E-state index contributed by atoms with van der Waals surface area (Å²) >= 11 is 1.26. The third-order valence-corrected chi connectivity index (χ3v) is 6.29. The van der Waals surface area contributed by atoms with E-state index in [1.54, 1.807) is 22.1 Å². The number of imidazole rings is 1. The van der Waals surface area contributed by atoms with E-state index in [4.69, 9.17) is 9.47 Å². The second-order valence-corrected chi connectivity index (χ2v) is 8.65. The van der Waals surface area contributed by atoms with Crippen LogP contribution in [0.3, 0.4) is 0 Å². The van der Waals surface area contributed by atoms with Crippen molar-refractivity contribution >= 4 is 45.1 Å². The lowest BCUT2D eigenvalue weighted by Gasteiger charge is -2.20. The molecule has 2 aromatic carbocycles. The van der Waals surface area contributed by atoms with Crippen LogP contribution in [0.1, 0.15) is 26.0 Å². The Morgan fingerprint density at radius 2 is 1.74 bits per heavy atom. The van der Waals surface area contributed by atoms with Gasteiger partial charge in [-0.25, -0.2) is 9.78 Å². The van der Waals surface area contributed by atoms with Crippen LogP contribution in [0.15, 0.2) is 58.7 Å². The van der Waals surface area contributed by atoms with Crippen LogP contribution < -0.4 is 15.3 Å². The highest BCUT2D eigenvalue weighted by atomic mass is 32.1. The minimum Gasteiger partial charge on any atom is -0.495 e. The normalized spacial score (nSPS) is 10.9. The van der Waals surface area contributed by atoms with Crippen LogP contribution in [-0.2, 0) is 34.0 Å². The van der Waals surface area contributed by atoms with Crippen molar-refractivity contribution in [1.82, 2.24) is 14.1 Å². The summed E-state index contributed by atoms with van der Waals surface area (Å²) in [5.41, 5.74) is 2.31. The third kappa shape index (κ3) is 4.97. The van der Waals surface area contributed by atoms with Crippen molar-refractivity contribution in [2.24, 2.45) is 0 Å². The zero-order valence-corrected chi connectivity index (χ0v) is 20.6. The van der Waals surface area contributed by atoms with Gasteiger partial charge in [-0.3, -0.25) is 23.6 Å². The fraction of sp³-hybridized carbons (Fsp3) is 0.280. The van der Waals surface area contributed by atoms with Gasteiger partial charge in [-0.05, 0) is 30.7 Å². The van der Waals surface area contributed by atoms with Gasteiger partial charge in [0.1, 0.15) is 18.9 Å². The number of hydrogen-bond donors (Lipinski definition) is 0. The van der Waals surface area contributed by atoms with Gasteiger partial charge in [0.15, 0.2) is 5.13 Å². The van der Waals surface area contributed by atoms with Crippen molar-refractivity contribution in [3.8, 4) is 5.75 Å². The Morgan fingerprint density at radius 1 is 1.06 bits per heavy atom. The van der Waals surface area contributed by atoms with Gasteiger partial charge in [-0.2, -0.15) is 0 Å². The standard InChI is InChI=1S/C25H26N4O5S/c1-4-13-27-19-9-5-6-10-20(19)28(25(27)32)14-23(31)34-15-18-16-35-24(26-18)29(17(2)30)21-11-7-8-12-22(21)33-3/h5-12,16H,4,13-15H2,1-3H3. The number of hydrogen-bond acceptors (Lipinski definition) is 7. The molecular weight excluding hydrogens is 468 g/mol. The van der Waals surface area contributed by atoms with Crippen LogP contribution in [0.5, 0.6) is 5.75 Å².